The van der Waals surface area contributed by atoms with Crippen LogP contribution in [0, 0.1) is 0 Å². The van der Waals surface area contributed by atoms with E-state index in [1.807, 2.05) is 31.2 Å². The zero-order chi connectivity index (χ0) is 18.1. The number of guanidine groups is 1. The van der Waals surface area contributed by atoms with Gasteiger partial charge >= 0.3 is 0 Å². The van der Waals surface area contributed by atoms with E-state index in [1.54, 1.807) is 25.5 Å². The fraction of sp³-hybridized carbons (Fsp3) is 0.421. The van der Waals surface area contributed by atoms with E-state index in [-0.39, 0.29) is 6.10 Å². The molecule has 2 unspecified atom stereocenters. The summed E-state index contributed by atoms with van der Waals surface area (Å²) in [6.45, 7) is 5.72. The van der Waals surface area contributed by atoms with Gasteiger partial charge in [0.25, 0.3) is 0 Å². The molecule has 0 aliphatic carbocycles. The molecule has 2 aromatic rings. The molecule has 6 heteroatoms. The van der Waals surface area contributed by atoms with Gasteiger partial charge in [-0.1, -0.05) is 13.0 Å². The van der Waals surface area contributed by atoms with Crippen molar-refractivity contribution in [3.05, 3.63) is 46.7 Å². The Balaban J connectivity index is 1.75. The summed E-state index contributed by atoms with van der Waals surface area (Å²) in [6, 6.07) is 9.79. The van der Waals surface area contributed by atoms with Crippen LogP contribution in [0.4, 0.5) is 0 Å². The van der Waals surface area contributed by atoms with E-state index in [9.17, 15) is 0 Å². The number of rotatable bonds is 8. The molecule has 5 nitrogen and oxygen atoms in total. The molecular formula is C19H27N3O2S. The van der Waals surface area contributed by atoms with E-state index in [1.165, 1.54) is 5.56 Å². The summed E-state index contributed by atoms with van der Waals surface area (Å²) in [7, 11) is 3.43. The summed E-state index contributed by atoms with van der Waals surface area (Å²) >= 11 is 1.73. The first kappa shape index (κ1) is 19.1. The first-order valence-corrected chi connectivity index (χ1v) is 9.34. The maximum absolute atomic E-state index is 5.91. The van der Waals surface area contributed by atoms with Crippen LogP contribution in [0.2, 0.25) is 0 Å². The van der Waals surface area contributed by atoms with Crippen molar-refractivity contribution in [2.75, 3.05) is 27.2 Å². The molecular weight excluding hydrogens is 334 g/mol. The van der Waals surface area contributed by atoms with Gasteiger partial charge in [-0.05, 0) is 47.4 Å². The van der Waals surface area contributed by atoms with Crippen LogP contribution in [-0.4, -0.2) is 39.3 Å². The number of nitrogens with one attached hydrogen (secondary N) is 2. The molecule has 136 valence electrons. The summed E-state index contributed by atoms with van der Waals surface area (Å²) in [4.78, 5) is 4.27. The Morgan fingerprint density at radius 1 is 1.16 bits per heavy atom. The monoisotopic (exact) mass is 361 g/mol. The van der Waals surface area contributed by atoms with Crippen molar-refractivity contribution in [2.24, 2.45) is 4.99 Å². The van der Waals surface area contributed by atoms with E-state index < -0.39 is 0 Å². The summed E-state index contributed by atoms with van der Waals surface area (Å²) in [5.74, 6) is 2.80. The molecule has 0 aliphatic heterocycles. The quantitative estimate of drug-likeness (QED) is 0.558. The van der Waals surface area contributed by atoms with Gasteiger partial charge in [0.05, 0.1) is 13.7 Å². The first-order valence-electron chi connectivity index (χ1n) is 8.39. The van der Waals surface area contributed by atoms with Gasteiger partial charge in [0.15, 0.2) is 5.96 Å². The highest BCUT2D eigenvalue weighted by Gasteiger charge is 2.09. The fourth-order valence-corrected chi connectivity index (χ4v) is 3.11. The lowest BCUT2D eigenvalue weighted by Gasteiger charge is -2.19. The third kappa shape index (κ3) is 6.31. The van der Waals surface area contributed by atoms with E-state index in [0.29, 0.717) is 12.5 Å². The molecule has 2 rings (SSSR count). The third-order valence-electron chi connectivity index (χ3n) is 3.85. The van der Waals surface area contributed by atoms with Crippen LogP contribution >= 0.6 is 11.3 Å². The molecule has 0 radical (unpaired) electrons. The van der Waals surface area contributed by atoms with Crippen molar-refractivity contribution >= 4 is 17.3 Å². The van der Waals surface area contributed by atoms with Crippen LogP contribution in [0.15, 0.2) is 46.1 Å². The Labute approximate surface area is 154 Å². The second kappa shape index (κ2) is 9.93. The minimum Gasteiger partial charge on any atom is -0.497 e. The van der Waals surface area contributed by atoms with Crippen molar-refractivity contribution < 1.29 is 9.47 Å². The third-order valence-corrected chi connectivity index (χ3v) is 4.55. The molecule has 1 aromatic heterocycles. The summed E-state index contributed by atoms with van der Waals surface area (Å²) < 4.78 is 11.1. The van der Waals surface area contributed by atoms with E-state index in [2.05, 4.69) is 39.4 Å². The SMILES string of the molecule is CN=C(NCC(C)Oc1cccc(OC)c1)NCC(C)c1ccsc1. The van der Waals surface area contributed by atoms with Gasteiger partial charge in [0.1, 0.15) is 17.6 Å². The second-order valence-electron chi connectivity index (χ2n) is 5.90. The molecule has 1 aromatic carbocycles. The Kier molecular flexibility index (Phi) is 7.60. The van der Waals surface area contributed by atoms with Crippen LogP contribution in [0.5, 0.6) is 11.5 Å². The van der Waals surface area contributed by atoms with Gasteiger partial charge in [-0.15, -0.1) is 0 Å². The number of nitrogens with zero attached hydrogens (tertiary/aromatic N) is 1. The van der Waals surface area contributed by atoms with Crippen molar-refractivity contribution in [3.63, 3.8) is 0 Å². The van der Waals surface area contributed by atoms with E-state index in [0.717, 1.165) is 24.0 Å². The molecule has 25 heavy (non-hydrogen) atoms. The van der Waals surface area contributed by atoms with Crippen LogP contribution in [-0.2, 0) is 0 Å². The van der Waals surface area contributed by atoms with Gasteiger partial charge in [-0.3, -0.25) is 4.99 Å². The van der Waals surface area contributed by atoms with Gasteiger partial charge < -0.3 is 20.1 Å². The molecule has 0 bridgehead atoms. The Bertz CT molecular complexity index is 658. The van der Waals surface area contributed by atoms with Crippen LogP contribution in [0.25, 0.3) is 0 Å². The highest BCUT2D eigenvalue weighted by molar-refractivity contribution is 7.07. The number of aliphatic imine (C=N–C) groups is 1. The zero-order valence-corrected chi connectivity index (χ0v) is 16.1. The first-order chi connectivity index (χ1) is 12.1. The Morgan fingerprint density at radius 3 is 2.60 bits per heavy atom. The number of benzene rings is 1. The van der Waals surface area contributed by atoms with Crippen molar-refractivity contribution in [3.8, 4) is 11.5 Å². The van der Waals surface area contributed by atoms with Gasteiger partial charge in [-0.25, -0.2) is 0 Å². The van der Waals surface area contributed by atoms with Gasteiger partial charge in [0.2, 0.25) is 0 Å². The molecule has 2 N–H and O–H groups in total. The minimum atomic E-state index is -0.0000432. The number of methoxy groups -OCH3 is 1. The molecule has 1 heterocycles. The number of hydrogen-bond acceptors (Lipinski definition) is 4. The van der Waals surface area contributed by atoms with Crippen molar-refractivity contribution in [1.29, 1.82) is 0 Å². The number of thiophene rings is 1. The van der Waals surface area contributed by atoms with Crippen LogP contribution in [0.1, 0.15) is 25.3 Å². The smallest absolute Gasteiger partial charge is 0.191 e. The number of ether oxygens (including phenoxy) is 2. The summed E-state index contributed by atoms with van der Waals surface area (Å²) in [5.41, 5.74) is 1.35. The average Bonchev–Trinajstić information content (AvgIpc) is 3.16. The summed E-state index contributed by atoms with van der Waals surface area (Å²) in [6.07, 6.45) is -0.0000432. The molecule has 0 aliphatic rings. The second-order valence-corrected chi connectivity index (χ2v) is 6.68. The molecule has 0 fully saturated rings. The molecule has 2 atom stereocenters. The highest BCUT2D eigenvalue weighted by atomic mass is 32.1. The fourth-order valence-electron chi connectivity index (χ4n) is 2.33. The average molecular weight is 362 g/mol. The lowest BCUT2D eigenvalue weighted by Crippen LogP contribution is -2.42. The van der Waals surface area contributed by atoms with Gasteiger partial charge in [-0.2, -0.15) is 11.3 Å². The lowest BCUT2D eigenvalue weighted by atomic mass is 10.1. The lowest BCUT2D eigenvalue weighted by molar-refractivity contribution is 0.223. The predicted octanol–water partition coefficient (Wildman–Crippen LogP) is 3.49. The van der Waals surface area contributed by atoms with Crippen LogP contribution < -0.4 is 20.1 Å². The standard InChI is InChI=1S/C19H27N3O2S/c1-14(16-8-9-25-13-16)11-21-19(20-3)22-12-15(2)24-18-7-5-6-17(10-18)23-4/h5-10,13-15H,11-12H2,1-4H3,(H2,20,21,22). The normalized spacial score (nSPS) is 13.8. The van der Waals surface area contributed by atoms with Gasteiger partial charge in [0, 0.05) is 19.7 Å². The van der Waals surface area contributed by atoms with E-state index >= 15 is 0 Å². The molecule has 0 amide bonds. The molecule has 0 spiro atoms. The summed E-state index contributed by atoms with van der Waals surface area (Å²) in [5, 5.41) is 11.0. The Hall–Kier alpha value is -2.21. The van der Waals surface area contributed by atoms with E-state index in [4.69, 9.17) is 9.47 Å². The van der Waals surface area contributed by atoms with Crippen LogP contribution in [0.3, 0.4) is 0 Å². The Morgan fingerprint density at radius 2 is 1.92 bits per heavy atom. The maximum atomic E-state index is 5.91. The van der Waals surface area contributed by atoms with Crippen molar-refractivity contribution in [2.45, 2.75) is 25.9 Å². The molecule has 0 saturated carbocycles. The van der Waals surface area contributed by atoms with Crippen molar-refractivity contribution in [1.82, 2.24) is 10.6 Å². The predicted molar refractivity (Wildman–Crippen MR) is 105 cm³/mol. The minimum absolute atomic E-state index is 0.0000432. The molecule has 0 saturated heterocycles. The maximum Gasteiger partial charge on any atom is 0.191 e. The zero-order valence-electron chi connectivity index (χ0n) is 15.3. The topological polar surface area (TPSA) is 54.9 Å². The largest absolute Gasteiger partial charge is 0.497 e. The number of hydrogen-bond donors (Lipinski definition) is 2. The highest BCUT2D eigenvalue weighted by Crippen LogP contribution is 2.20.